The second-order valence-electron chi connectivity index (χ2n) is 4.10. The Balaban J connectivity index is 2.29. The molecule has 0 radical (unpaired) electrons. The van der Waals surface area contributed by atoms with E-state index in [9.17, 15) is 0 Å². The molecule has 0 saturated carbocycles. The highest BCUT2D eigenvalue weighted by Gasteiger charge is 2.09. The molecule has 2 rings (SSSR count). The molecule has 94 valence electrons. The van der Waals surface area contributed by atoms with Gasteiger partial charge >= 0.3 is 0 Å². The fourth-order valence-corrected chi connectivity index (χ4v) is 2.01. The van der Waals surface area contributed by atoms with Gasteiger partial charge in [0.2, 0.25) is 5.95 Å². The van der Waals surface area contributed by atoms with Crippen molar-refractivity contribution in [1.29, 1.82) is 0 Å². The quantitative estimate of drug-likeness (QED) is 0.804. The highest BCUT2D eigenvalue weighted by atomic mass is 79.9. The summed E-state index contributed by atoms with van der Waals surface area (Å²) in [5.41, 5.74) is 3.46. The Hall–Kier alpha value is -1.42. The SMILES string of the molecule is CCN(c1ccc(C)cc1)c1ncc(CBr)cn1. The van der Waals surface area contributed by atoms with E-state index in [1.165, 1.54) is 5.56 Å². The number of alkyl halides is 1. The normalized spacial score (nSPS) is 10.4. The molecule has 1 aromatic carbocycles. The average molecular weight is 306 g/mol. The molecule has 2 aromatic rings. The summed E-state index contributed by atoms with van der Waals surface area (Å²) in [5.74, 6) is 0.742. The fourth-order valence-electron chi connectivity index (χ4n) is 1.72. The number of nitrogens with zero attached hydrogens (tertiary/aromatic N) is 3. The van der Waals surface area contributed by atoms with Crippen molar-refractivity contribution in [1.82, 2.24) is 9.97 Å². The minimum absolute atomic E-state index is 0.742. The van der Waals surface area contributed by atoms with Crippen molar-refractivity contribution in [2.45, 2.75) is 19.2 Å². The standard InChI is InChI=1S/C14H16BrN3/c1-3-18(13-6-4-11(2)5-7-13)14-16-9-12(8-15)10-17-14/h4-7,9-10H,3,8H2,1-2H3. The Kier molecular flexibility index (Phi) is 4.31. The first-order valence-electron chi connectivity index (χ1n) is 5.95. The Labute approximate surface area is 116 Å². The van der Waals surface area contributed by atoms with Crippen molar-refractivity contribution in [2.75, 3.05) is 11.4 Å². The molecular weight excluding hydrogens is 290 g/mol. The van der Waals surface area contributed by atoms with Crippen LogP contribution in [0.15, 0.2) is 36.7 Å². The van der Waals surface area contributed by atoms with Gasteiger partial charge in [-0.05, 0) is 31.5 Å². The molecule has 0 aliphatic rings. The Morgan fingerprint density at radius 2 is 1.72 bits per heavy atom. The highest BCUT2D eigenvalue weighted by molar-refractivity contribution is 9.08. The Bertz CT molecular complexity index is 493. The Morgan fingerprint density at radius 3 is 2.22 bits per heavy atom. The molecular formula is C14H16BrN3. The number of benzene rings is 1. The predicted octanol–water partition coefficient (Wildman–Crippen LogP) is 3.84. The third kappa shape index (κ3) is 2.88. The average Bonchev–Trinajstić information content (AvgIpc) is 2.42. The van der Waals surface area contributed by atoms with Crippen LogP contribution in [0.2, 0.25) is 0 Å². The molecule has 0 bridgehead atoms. The number of halogens is 1. The van der Waals surface area contributed by atoms with E-state index in [4.69, 9.17) is 0 Å². The third-order valence-electron chi connectivity index (χ3n) is 2.75. The zero-order chi connectivity index (χ0) is 13.0. The van der Waals surface area contributed by atoms with Gasteiger partial charge in [-0.15, -0.1) is 0 Å². The van der Waals surface area contributed by atoms with E-state index in [1.54, 1.807) is 0 Å². The molecule has 0 amide bonds. The lowest BCUT2D eigenvalue weighted by atomic mass is 10.2. The molecule has 1 aromatic heterocycles. The van der Waals surface area contributed by atoms with Crippen molar-refractivity contribution in [2.24, 2.45) is 0 Å². The predicted molar refractivity (Wildman–Crippen MR) is 78.5 cm³/mol. The van der Waals surface area contributed by atoms with Gasteiger partial charge in [0, 0.05) is 30.0 Å². The molecule has 0 aliphatic heterocycles. The van der Waals surface area contributed by atoms with Gasteiger partial charge in [0.25, 0.3) is 0 Å². The molecule has 0 aliphatic carbocycles. The van der Waals surface area contributed by atoms with Crippen LogP contribution >= 0.6 is 15.9 Å². The van der Waals surface area contributed by atoms with E-state index in [2.05, 4.69) is 68.9 Å². The van der Waals surface area contributed by atoms with Crippen molar-refractivity contribution < 1.29 is 0 Å². The van der Waals surface area contributed by atoms with Gasteiger partial charge in [-0.2, -0.15) is 0 Å². The van der Waals surface area contributed by atoms with Crippen LogP contribution in [-0.4, -0.2) is 16.5 Å². The monoisotopic (exact) mass is 305 g/mol. The number of hydrogen-bond donors (Lipinski definition) is 0. The summed E-state index contributed by atoms with van der Waals surface area (Å²) >= 11 is 3.40. The minimum atomic E-state index is 0.742. The van der Waals surface area contributed by atoms with Gasteiger partial charge in [0.1, 0.15) is 0 Å². The van der Waals surface area contributed by atoms with Gasteiger partial charge in [-0.1, -0.05) is 33.6 Å². The fraction of sp³-hybridized carbons (Fsp3) is 0.286. The van der Waals surface area contributed by atoms with Crippen LogP contribution in [-0.2, 0) is 5.33 Å². The van der Waals surface area contributed by atoms with Gasteiger partial charge in [0.05, 0.1) is 0 Å². The summed E-state index contributed by atoms with van der Waals surface area (Å²) < 4.78 is 0. The summed E-state index contributed by atoms with van der Waals surface area (Å²) in [6.07, 6.45) is 3.71. The molecule has 1 heterocycles. The van der Waals surface area contributed by atoms with E-state index < -0.39 is 0 Å². The summed E-state index contributed by atoms with van der Waals surface area (Å²) in [6, 6.07) is 8.40. The Morgan fingerprint density at radius 1 is 1.11 bits per heavy atom. The maximum atomic E-state index is 4.40. The summed E-state index contributed by atoms with van der Waals surface area (Å²) in [7, 11) is 0. The van der Waals surface area contributed by atoms with E-state index >= 15 is 0 Å². The van der Waals surface area contributed by atoms with E-state index in [0.29, 0.717) is 0 Å². The van der Waals surface area contributed by atoms with Gasteiger partial charge in [-0.25, -0.2) is 9.97 Å². The molecule has 0 atom stereocenters. The van der Waals surface area contributed by atoms with Crippen LogP contribution in [0.3, 0.4) is 0 Å². The summed E-state index contributed by atoms with van der Waals surface area (Å²) in [5, 5.41) is 0.782. The molecule has 0 unspecified atom stereocenters. The molecule has 0 fully saturated rings. The lowest BCUT2D eigenvalue weighted by Crippen LogP contribution is -2.18. The summed E-state index contributed by atoms with van der Waals surface area (Å²) in [6.45, 7) is 5.03. The molecule has 0 spiro atoms. The minimum Gasteiger partial charge on any atom is -0.311 e. The van der Waals surface area contributed by atoms with E-state index in [0.717, 1.165) is 29.1 Å². The zero-order valence-electron chi connectivity index (χ0n) is 10.6. The second kappa shape index (κ2) is 5.96. The molecule has 4 heteroatoms. The number of hydrogen-bond acceptors (Lipinski definition) is 3. The second-order valence-corrected chi connectivity index (χ2v) is 4.67. The van der Waals surface area contributed by atoms with Crippen LogP contribution in [0.5, 0.6) is 0 Å². The van der Waals surface area contributed by atoms with Crippen molar-refractivity contribution >= 4 is 27.6 Å². The zero-order valence-corrected chi connectivity index (χ0v) is 12.2. The first kappa shape index (κ1) is 13.0. The van der Waals surface area contributed by atoms with Crippen LogP contribution in [0, 0.1) is 6.92 Å². The smallest absolute Gasteiger partial charge is 0.229 e. The maximum absolute atomic E-state index is 4.40. The van der Waals surface area contributed by atoms with Crippen molar-refractivity contribution in [3.8, 4) is 0 Å². The number of rotatable bonds is 4. The van der Waals surface area contributed by atoms with E-state index in [1.807, 2.05) is 12.4 Å². The summed E-state index contributed by atoms with van der Waals surface area (Å²) in [4.78, 5) is 10.9. The first-order chi connectivity index (χ1) is 8.74. The first-order valence-corrected chi connectivity index (χ1v) is 7.08. The van der Waals surface area contributed by atoms with Crippen LogP contribution in [0.25, 0.3) is 0 Å². The number of anilines is 2. The topological polar surface area (TPSA) is 29.0 Å². The van der Waals surface area contributed by atoms with Crippen molar-refractivity contribution in [3.63, 3.8) is 0 Å². The molecule has 3 nitrogen and oxygen atoms in total. The highest BCUT2D eigenvalue weighted by Crippen LogP contribution is 2.21. The van der Waals surface area contributed by atoms with Crippen LogP contribution in [0.1, 0.15) is 18.1 Å². The number of aromatic nitrogens is 2. The molecule has 0 N–H and O–H groups in total. The van der Waals surface area contributed by atoms with Crippen molar-refractivity contribution in [3.05, 3.63) is 47.8 Å². The molecule has 18 heavy (non-hydrogen) atoms. The lowest BCUT2D eigenvalue weighted by Gasteiger charge is -2.20. The number of aryl methyl sites for hydroxylation is 1. The van der Waals surface area contributed by atoms with Gasteiger partial charge < -0.3 is 4.90 Å². The van der Waals surface area contributed by atoms with Gasteiger partial charge in [-0.3, -0.25) is 0 Å². The molecule has 0 saturated heterocycles. The van der Waals surface area contributed by atoms with E-state index in [-0.39, 0.29) is 0 Å². The third-order valence-corrected chi connectivity index (χ3v) is 3.40. The van der Waals surface area contributed by atoms with Gasteiger partial charge in [0.15, 0.2) is 0 Å². The lowest BCUT2D eigenvalue weighted by molar-refractivity contribution is 0.939. The largest absolute Gasteiger partial charge is 0.311 e. The van der Waals surface area contributed by atoms with Crippen LogP contribution in [0.4, 0.5) is 11.6 Å². The maximum Gasteiger partial charge on any atom is 0.229 e. The van der Waals surface area contributed by atoms with Crippen LogP contribution < -0.4 is 4.90 Å².